The van der Waals surface area contributed by atoms with E-state index in [0.29, 0.717) is 33.6 Å². The molecule has 1 aliphatic carbocycles. The SMILES string of the molecule is N#Cc1ccc2c(c1)CC(F)(F)C2Nc1ccc(N)c(C(=N)c2cnco2)c1. The van der Waals surface area contributed by atoms with Crippen molar-refractivity contribution in [2.24, 2.45) is 0 Å². The number of aromatic nitrogens is 1. The maximum absolute atomic E-state index is 14.6. The van der Waals surface area contributed by atoms with E-state index in [1.54, 1.807) is 18.2 Å². The van der Waals surface area contributed by atoms with Crippen LogP contribution in [0.1, 0.15) is 34.1 Å². The molecule has 3 aromatic rings. The molecular formula is C20H15F2N5O. The largest absolute Gasteiger partial charge is 0.442 e. The average molecular weight is 379 g/mol. The van der Waals surface area contributed by atoms with Gasteiger partial charge in [0.2, 0.25) is 0 Å². The van der Waals surface area contributed by atoms with Gasteiger partial charge < -0.3 is 15.5 Å². The fourth-order valence-electron chi connectivity index (χ4n) is 3.38. The highest BCUT2D eigenvalue weighted by Crippen LogP contribution is 2.45. The van der Waals surface area contributed by atoms with Gasteiger partial charge in [0.1, 0.15) is 11.8 Å². The minimum atomic E-state index is -3.02. The van der Waals surface area contributed by atoms with Gasteiger partial charge in [-0.2, -0.15) is 5.26 Å². The van der Waals surface area contributed by atoms with E-state index in [0.717, 1.165) is 0 Å². The van der Waals surface area contributed by atoms with Gasteiger partial charge in [-0.1, -0.05) is 6.07 Å². The van der Waals surface area contributed by atoms with E-state index in [1.807, 2.05) is 6.07 Å². The molecule has 1 unspecified atom stereocenters. The van der Waals surface area contributed by atoms with Crippen LogP contribution in [-0.4, -0.2) is 16.6 Å². The summed E-state index contributed by atoms with van der Waals surface area (Å²) < 4.78 is 34.4. The molecule has 8 heteroatoms. The first-order valence-corrected chi connectivity index (χ1v) is 8.43. The van der Waals surface area contributed by atoms with Crippen LogP contribution in [-0.2, 0) is 6.42 Å². The summed E-state index contributed by atoms with van der Waals surface area (Å²) in [5.74, 6) is -2.79. The maximum atomic E-state index is 14.6. The Morgan fingerprint density at radius 3 is 2.86 bits per heavy atom. The zero-order valence-electron chi connectivity index (χ0n) is 14.5. The number of oxazole rings is 1. The second-order valence-electron chi connectivity index (χ2n) is 6.58. The summed E-state index contributed by atoms with van der Waals surface area (Å²) in [4.78, 5) is 3.78. The molecule has 1 atom stereocenters. The van der Waals surface area contributed by atoms with Crippen molar-refractivity contribution in [3.63, 3.8) is 0 Å². The van der Waals surface area contributed by atoms with E-state index in [4.69, 9.17) is 20.8 Å². The minimum Gasteiger partial charge on any atom is -0.442 e. The summed E-state index contributed by atoms with van der Waals surface area (Å²) in [6.07, 6.45) is 2.15. The molecule has 1 aliphatic rings. The molecule has 0 radical (unpaired) electrons. The molecule has 0 saturated heterocycles. The van der Waals surface area contributed by atoms with Crippen molar-refractivity contribution < 1.29 is 13.2 Å². The fraction of sp³-hybridized carbons (Fsp3) is 0.150. The Morgan fingerprint density at radius 1 is 1.32 bits per heavy atom. The predicted molar refractivity (Wildman–Crippen MR) is 99.5 cm³/mol. The number of hydrogen-bond donors (Lipinski definition) is 3. The molecule has 6 nitrogen and oxygen atoms in total. The molecule has 0 saturated carbocycles. The van der Waals surface area contributed by atoms with Gasteiger partial charge in [0, 0.05) is 23.4 Å². The molecule has 28 heavy (non-hydrogen) atoms. The lowest BCUT2D eigenvalue weighted by Gasteiger charge is -2.23. The first kappa shape index (κ1) is 17.7. The number of nitrogens with zero attached hydrogens (tertiary/aromatic N) is 2. The number of nitrogen functional groups attached to an aromatic ring is 1. The van der Waals surface area contributed by atoms with Gasteiger partial charge in [-0.3, -0.25) is 5.41 Å². The number of anilines is 2. The summed E-state index contributed by atoms with van der Waals surface area (Å²) >= 11 is 0. The molecule has 0 aliphatic heterocycles. The third-order valence-corrected chi connectivity index (χ3v) is 4.74. The van der Waals surface area contributed by atoms with Crippen LogP contribution in [0.15, 0.2) is 53.4 Å². The monoisotopic (exact) mass is 379 g/mol. The summed E-state index contributed by atoms with van der Waals surface area (Å²) in [7, 11) is 0. The number of alkyl halides is 2. The number of benzene rings is 2. The number of fused-ring (bicyclic) bond motifs is 1. The second-order valence-corrected chi connectivity index (χ2v) is 6.58. The van der Waals surface area contributed by atoms with Crippen LogP contribution in [0.25, 0.3) is 0 Å². The van der Waals surface area contributed by atoms with Crippen LogP contribution in [0.4, 0.5) is 20.2 Å². The van der Waals surface area contributed by atoms with Gasteiger partial charge in [-0.15, -0.1) is 0 Å². The van der Waals surface area contributed by atoms with Gasteiger partial charge >= 0.3 is 0 Å². The molecule has 0 spiro atoms. The van der Waals surface area contributed by atoms with Crippen LogP contribution in [0, 0.1) is 16.7 Å². The first-order chi connectivity index (χ1) is 13.4. The topological polar surface area (TPSA) is 112 Å². The van der Waals surface area contributed by atoms with Gasteiger partial charge in [0.05, 0.1) is 17.8 Å². The molecule has 4 rings (SSSR count). The van der Waals surface area contributed by atoms with Crippen molar-refractivity contribution in [3.05, 3.63) is 77.0 Å². The second kappa shape index (κ2) is 6.46. The Bertz CT molecular complexity index is 1100. The lowest BCUT2D eigenvalue weighted by molar-refractivity contribution is -0.00705. The molecular weight excluding hydrogens is 364 g/mol. The van der Waals surface area contributed by atoms with Crippen molar-refractivity contribution in [1.29, 1.82) is 10.7 Å². The zero-order valence-corrected chi connectivity index (χ0v) is 14.5. The number of nitrogens with one attached hydrogen (secondary N) is 2. The molecule has 0 bridgehead atoms. The van der Waals surface area contributed by atoms with E-state index in [1.165, 1.54) is 30.8 Å². The van der Waals surface area contributed by atoms with Crippen molar-refractivity contribution in [2.75, 3.05) is 11.1 Å². The third kappa shape index (κ3) is 2.97. The molecule has 0 fully saturated rings. The number of hydrogen-bond acceptors (Lipinski definition) is 6. The highest BCUT2D eigenvalue weighted by atomic mass is 19.3. The van der Waals surface area contributed by atoms with E-state index >= 15 is 0 Å². The molecule has 140 valence electrons. The Balaban J connectivity index is 1.67. The number of halogens is 2. The fourth-order valence-corrected chi connectivity index (χ4v) is 3.38. The number of rotatable bonds is 4. The third-order valence-electron chi connectivity index (χ3n) is 4.74. The average Bonchev–Trinajstić information content (AvgIpc) is 3.28. The van der Waals surface area contributed by atoms with Crippen molar-refractivity contribution >= 4 is 17.1 Å². The van der Waals surface area contributed by atoms with Crippen LogP contribution < -0.4 is 11.1 Å². The normalized spacial score (nSPS) is 17.0. The minimum absolute atomic E-state index is 0.0101. The zero-order chi connectivity index (χ0) is 19.9. The molecule has 1 aromatic heterocycles. The van der Waals surface area contributed by atoms with Gasteiger partial charge in [-0.05, 0) is 41.5 Å². The van der Waals surface area contributed by atoms with Crippen molar-refractivity contribution in [1.82, 2.24) is 4.98 Å². The smallest absolute Gasteiger partial charge is 0.275 e. The number of nitrogens with two attached hydrogens (primary N) is 1. The van der Waals surface area contributed by atoms with Gasteiger partial charge in [0.15, 0.2) is 12.2 Å². The molecule has 0 amide bonds. The Labute approximate surface area is 159 Å². The van der Waals surface area contributed by atoms with Crippen LogP contribution >= 0.6 is 0 Å². The molecule has 1 heterocycles. The van der Waals surface area contributed by atoms with Crippen molar-refractivity contribution in [3.8, 4) is 6.07 Å². The number of nitriles is 1. The summed E-state index contributed by atoms with van der Waals surface area (Å²) in [5, 5.41) is 20.1. The lowest BCUT2D eigenvalue weighted by atomic mass is 10.0. The lowest BCUT2D eigenvalue weighted by Crippen LogP contribution is -2.28. The quantitative estimate of drug-likeness (QED) is 0.470. The van der Waals surface area contributed by atoms with E-state index in [-0.39, 0.29) is 11.5 Å². The summed E-state index contributed by atoms with van der Waals surface area (Å²) in [6.45, 7) is 0. The van der Waals surface area contributed by atoms with Crippen LogP contribution in [0.5, 0.6) is 0 Å². The predicted octanol–water partition coefficient (Wildman–Crippen LogP) is 3.89. The highest BCUT2D eigenvalue weighted by Gasteiger charge is 2.47. The van der Waals surface area contributed by atoms with Gasteiger partial charge in [-0.25, -0.2) is 13.8 Å². The Hall–Kier alpha value is -3.73. The standard InChI is InChI=1S/C20H15F2N5O/c21-20(22)7-12-5-11(8-23)1-3-14(12)19(20)27-13-2-4-16(24)15(6-13)18(25)17-9-26-10-28-17/h1-6,9-10,19,25,27H,7,24H2. The molecule has 4 N–H and O–H groups in total. The van der Waals surface area contributed by atoms with Gasteiger partial charge in [0.25, 0.3) is 5.92 Å². The van der Waals surface area contributed by atoms with Crippen molar-refractivity contribution in [2.45, 2.75) is 18.4 Å². The Kier molecular flexibility index (Phi) is 4.08. The summed E-state index contributed by atoms with van der Waals surface area (Å²) in [6, 6.07) is 9.99. The van der Waals surface area contributed by atoms with E-state index in [2.05, 4.69) is 10.3 Å². The van der Waals surface area contributed by atoms with E-state index in [9.17, 15) is 8.78 Å². The Morgan fingerprint density at radius 2 is 2.14 bits per heavy atom. The molecule has 2 aromatic carbocycles. The first-order valence-electron chi connectivity index (χ1n) is 8.43. The van der Waals surface area contributed by atoms with Crippen LogP contribution in [0.2, 0.25) is 0 Å². The summed E-state index contributed by atoms with van der Waals surface area (Å²) in [5.41, 5.74) is 8.29. The van der Waals surface area contributed by atoms with E-state index < -0.39 is 18.4 Å². The highest BCUT2D eigenvalue weighted by molar-refractivity contribution is 6.12. The van der Waals surface area contributed by atoms with Crippen LogP contribution in [0.3, 0.4) is 0 Å². The maximum Gasteiger partial charge on any atom is 0.275 e.